The fourth-order valence-electron chi connectivity index (χ4n) is 3.18. The van der Waals surface area contributed by atoms with Crippen molar-refractivity contribution in [3.05, 3.63) is 42.4 Å². The Balaban J connectivity index is 1.99. The standard InChI is InChI=1S/C18H21N3O2/c1-13(22)21-11-5-6-14(12-21)17-18(20-10-9-19-17)15-7-3-4-8-16(15)23-2/h3-4,7-10,14H,5-6,11-12H2,1-2H3. The number of aromatic nitrogens is 2. The summed E-state index contributed by atoms with van der Waals surface area (Å²) in [6.07, 6.45) is 5.44. The molecular weight excluding hydrogens is 290 g/mol. The van der Waals surface area contributed by atoms with Gasteiger partial charge in [-0.05, 0) is 25.0 Å². The average molecular weight is 311 g/mol. The Morgan fingerprint density at radius 2 is 2.04 bits per heavy atom. The van der Waals surface area contributed by atoms with Gasteiger partial charge < -0.3 is 9.64 Å². The first-order valence-electron chi connectivity index (χ1n) is 7.90. The molecular formula is C18H21N3O2. The fourth-order valence-corrected chi connectivity index (χ4v) is 3.18. The molecule has 2 heterocycles. The number of hydrogen-bond acceptors (Lipinski definition) is 4. The lowest BCUT2D eigenvalue weighted by molar-refractivity contribution is -0.130. The van der Waals surface area contributed by atoms with Gasteiger partial charge in [0.15, 0.2) is 0 Å². The van der Waals surface area contributed by atoms with E-state index >= 15 is 0 Å². The van der Waals surface area contributed by atoms with Crippen LogP contribution in [0.5, 0.6) is 5.75 Å². The molecule has 1 unspecified atom stereocenters. The van der Waals surface area contributed by atoms with E-state index in [0.29, 0.717) is 6.54 Å². The Bertz CT molecular complexity index is 702. The van der Waals surface area contributed by atoms with E-state index in [-0.39, 0.29) is 11.8 Å². The van der Waals surface area contributed by atoms with Gasteiger partial charge in [0.1, 0.15) is 5.75 Å². The maximum atomic E-state index is 11.7. The summed E-state index contributed by atoms with van der Waals surface area (Å²) in [5.74, 6) is 1.12. The number of rotatable bonds is 3. The van der Waals surface area contributed by atoms with Crippen LogP contribution >= 0.6 is 0 Å². The van der Waals surface area contributed by atoms with E-state index in [1.54, 1.807) is 26.4 Å². The molecule has 1 amide bonds. The fraction of sp³-hybridized carbons (Fsp3) is 0.389. The third-order valence-electron chi connectivity index (χ3n) is 4.34. The van der Waals surface area contributed by atoms with Gasteiger partial charge in [0.05, 0.1) is 18.5 Å². The zero-order valence-corrected chi connectivity index (χ0v) is 13.5. The molecule has 0 saturated carbocycles. The van der Waals surface area contributed by atoms with Crippen LogP contribution in [0.2, 0.25) is 0 Å². The molecule has 1 aromatic carbocycles. The number of amides is 1. The second kappa shape index (κ2) is 6.77. The van der Waals surface area contributed by atoms with E-state index < -0.39 is 0 Å². The summed E-state index contributed by atoms with van der Waals surface area (Å²) in [7, 11) is 1.66. The number of piperidine rings is 1. The number of hydrogen-bond donors (Lipinski definition) is 0. The van der Waals surface area contributed by atoms with Gasteiger partial charge in [0.2, 0.25) is 5.91 Å². The van der Waals surface area contributed by atoms with Crippen molar-refractivity contribution in [2.45, 2.75) is 25.7 Å². The van der Waals surface area contributed by atoms with Crippen LogP contribution in [0.3, 0.4) is 0 Å². The van der Waals surface area contributed by atoms with Crippen molar-refractivity contribution < 1.29 is 9.53 Å². The van der Waals surface area contributed by atoms with Gasteiger partial charge >= 0.3 is 0 Å². The van der Waals surface area contributed by atoms with Gasteiger partial charge in [-0.2, -0.15) is 0 Å². The molecule has 0 spiro atoms. The molecule has 2 aromatic rings. The molecule has 1 atom stereocenters. The van der Waals surface area contributed by atoms with Gasteiger partial charge in [-0.25, -0.2) is 0 Å². The Hall–Kier alpha value is -2.43. The van der Waals surface area contributed by atoms with E-state index in [4.69, 9.17) is 4.74 Å². The number of carbonyl (C=O) groups is 1. The van der Waals surface area contributed by atoms with Crippen LogP contribution in [0.4, 0.5) is 0 Å². The first-order chi connectivity index (χ1) is 11.2. The predicted octanol–water partition coefficient (Wildman–Crippen LogP) is 2.88. The van der Waals surface area contributed by atoms with Crippen molar-refractivity contribution in [2.75, 3.05) is 20.2 Å². The normalized spacial score (nSPS) is 17.8. The van der Waals surface area contributed by atoms with Gasteiger partial charge in [0.25, 0.3) is 0 Å². The molecule has 23 heavy (non-hydrogen) atoms. The highest BCUT2D eigenvalue weighted by Gasteiger charge is 2.27. The van der Waals surface area contributed by atoms with Crippen LogP contribution in [0.15, 0.2) is 36.7 Å². The zero-order chi connectivity index (χ0) is 16.2. The molecule has 1 fully saturated rings. The molecule has 5 nitrogen and oxygen atoms in total. The number of ether oxygens (including phenoxy) is 1. The molecule has 1 saturated heterocycles. The Kier molecular flexibility index (Phi) is 4.55. The number of nitrogens with zero attached hydrogens (tertiary/aromatic N) is 3. The van der Waals surface area contributed by atoms with Crippen LogP contribution in [0.25, 0.3) is 11.3 Å². The number of carbonyl (C=O) groups excluding carboxylic acids is 1. The number of methoxy groups -OCH3 is 1. The van der Waals surface area contributed by atoms with Crippen molar-refractivity contribution in [3.63, 3.8) is 0 Å². The van der Waals surface area contributed by atoms with Crippen LogP contribution in [-0.4, -0.2) is 41.0 Å². The molecule has 120 valence electrons. The van der Waals surface area contributed by atoms with Crippen molar-refractivity contribution >= 4 is 5.91 Å². The smallest absolute Gasteiger partial charge is 0.219 e. The summed E-state index contributed by atoms with van der Waals surface area (Å²) in [5.41, 5.74) is 2.74. The van der Waals surface area contributed by atoms with Crippen molar-refractivity contribution in [1.82, 2.24) is 14.9 Å². The lowest BCUT2D eigenvalue weighted by Gasteiger charge is -2.32. The average Bonchev–Trinajstić information content (AvgIpc) is 2.61. The molecule has 3 rings (SSSR count). The van der Waals surface area contributed by atoms with E-state index in [1.807, 2.05) is 29.2 Å². The molecule has 0 radical (unpaired) electrons. The van der Waals surface area contributed by atoms with E-state index in [2.05, 4.69) is 9.97 Å². The SMILES string of the molecule is COc1ccccc1-c1nccnc1C1CCCN(C(C)=O)C1. The second-order valence-electron chi connectivity index (χ2n) is 5.79. The molecule has 5 heteroatoms. The first-order valence-corrected chi connectivity index (χ1v) is 7.90. The van der Waals surface area contributed by atoms with Crippen molar-refractivity contribution in [2.24, 2.45) is 0 Å². The molecule has 0 aliphatic carbocycles. The minimum absolute atomic E-state index is 0.123. The number of para-hydroxylation sites is 1. The minimum Gasteiger partial charge on any atom is -0.496 e. The van der Waals surface area contributed by atoms with Gasteiger partial charge in [-0.1, -0.05) is 12.1 Å². The largest absolute Gasteiger partial charge is 0.496 e. The summed E-state index contributed by atoms with van der Waals surface area (Å²) in [5, 5.41) is 0. The van der Waals surface area contributed by atoms with Crippen LogP contribution in [0.1, 0.15) is 31.4 Å². The predicted molar refractivity (Wildman–Crippen MR) is 88.2 cm³/mol. The second-order valence-corrected chi connectivity index (χ2v) is 5.79. The lowest BCUT2D eigenvalue weighted by atomic mass is 9.91. The zero-order valence-electron chi connectivity index (χ0n) is 13.5. The maximum Gasteiger partial charge on any atom is 0.219 e. The topological polar surface area (TPSA) is 55.3 Å². The van der Waals surface area contributed by atoms with E-state index in [1.165, 1.54) is 0 Å². The molecule has 1 aliphatic rings. The Morgan fingerprint density at radius 1 is 1.26 bits per heavy atom. The summed E-state index contributed by atoms with van der Waals surface area (Å²) >= 11 is 0. The minimum atomic E-state index is 0.123. The van der Waals surface area contributed by atoms with Crippen LogP contribution in [-0.2, 0) is 4.79 Å². The first kappa shape index (κ1) is 15.5. The molecule has 0 bridgehead atoms. The van der Waals surface area contributed by atoms with E-state index in [0.717, 1.165) is 42.1 Å². The van der Waals surface area contributed by atoms with E-state index in [9.17, 15) is 4.79 Å². The third kappa shape index (κ3) is 3.18. The molecule has 0 N–H and O–H groups in total. The highest BCUT2D eigenvalue weighted by atomic mass is 16.5. The molecule has 1 aliphatic heterocycles. The maximum absolute atomic E-state index is 11.7. The van der Waals surface area contributed by atoms with Gasteiger partial charge in [-0.15, -0.1) is 0 Å². The molecule has 1 aromatic heterocycles. The quantitative estimate of drug-likeness (QED) is 0.874. The van der Waals surface area contributed by atoms with Crippen molar-refractivity contribution in [1.29, 1.82) is 0 Å². The van der Waals surface area contributed by atoms with Crippen LogP contribution < -0.4 is 4.74 Å². The summed E-state index contributed by atoms with van der Waals surface area (Å²) in [4.78, 5) is 22.7. The summed E-state index contributed by atoms with van der Waals surface area (Å²) in [6, 6.07) is 7.84. The van der Waals surface area contributed by atoms with Gasteiger partial charge in [0, 0.05) is 43.9 Å². The monoisotopic (exact) mass is 311 g/mol. The van der Waals surface area contributed by atoms with Crippen molar-refractivity contribution in [3.8, 4) is 17.0 Å². The van der Waals surface area contributed by atoms with Crippen LogP contribution in [0, 0.1) is 0 Å². The Labute approximate surface area is 136 Å². The highest BCUT2D eigenvalue weighted by Crippen LogP contribution is 2.35. The number of likely N-dealkylation sites (tertiary alicyclic amines) is 1. The Morgan fingerprint density at radius 3 is 2.83 bits per heavy atom. The highest BCUT2D eigenvalue weighted by molar-refractivity contribution is 5.74. The summed E-state index contributed by atoms with van der Waals surface area (Å²) in [6.45, 7) is 3.16. The lowest BCUT2D eigenvalue weighted by Crippen LogP contribution is -2.38. The van der Waals surface area contributed by atoms with Gasteiger partial charge in [-0.3, -0.25) is 14.8 Å². The number of benzene rings is 1. The summed E-state index contributed by atoms with van der Waals surface area (Å²) < 4.78 is 5.47. The third-order valence-corrected chi connectivity index (χ3v) is 4.34.